The van der Waals surface area contributed by atoms with E-state index in [1.807, 2.05) is 72.8 Å². The van der Waals surface area contributed by atoms with E-state index in [1.54, 1.807) is 11.8 Å². The summed E-state index contributed by atoms with van der Waals surface area (Å²) in [6.45, 7) is 3.79. The fraction of sp³-hybridized carbons (Fsp3) is 0.250. The first-order valence-corrected chi connectivity index (χ1v) is 17.0. The van der Waals surface area contributed by atoms with Crippen LogP contribution in [0.5, 0.6) is 23.0 Å². The predicted molar refractivity (Wildman–Crippen MR) is 184 cm³/mol. The molecule has 7 heteroatoms. The van der Waals surface area contributed by atoms with Crippen molar-refractivity contribution in [1.29, 1.82) is 0 Å². The number of fused-ring (bicyclic) bond motifs is 1. The van der Waals surface area contributed by atoms with Gasteiger partial charge in [-0.25, -0.2) is 0 Å². The van der Waals surface area contributed by atoms with Crippen molar-refractivity contribution in [3.8, 4) is 23.0 Å². The van der Waals surface area contributed by atoms with E-state index in [1.165, 1.54) is 0 Å². The van der Waals surface area contributed by atoms with Gasteiger partial charge < -0.3 is 18.9 Å². The Labute approximate surface area is 280 Å². The Hall–Kier alpha value is -4.46. The SMILES string of the molecule is FCC1CN(CCOc2ccc([C@@H]3Oc4ccc(OCc5ccccc5)cc4S[C@@H]3c3cccc(OCc4ccccc4)c3)cc2)C1. The number of thioether (sulfide) groups is 1. The van der Waals surface area contributed by atoms with Crippen LogP contribution in [-0.2, 0) is 13.2 Å². The van der Waals surface area contributed by atoms with Crippen molar-refractivity contribution < 1.29 is 23.3 Å². The van der Waals surface area contributed by atoms with E-state index >= 15 is 0 Å². The molecule has 0 radical (unpaired) electrons. The summed E-state index contributed by atoms with van der Waals surface area (Å²) >= 11 is 1.78. The lowest BCUT2D eigenvalue weighted by atomic mass is 9.99. The normalized spacial score (nSPS) is 17.6. The van der Waals surface area contributed by atoms with Crippen molar-refractivity contribution >= 4 is 11.8 Å². The van der Waals surface area contributed by atoms with Gasteiger partial charge in [-0.2, -0.15) is 0 Å². The summed E-state index contributed by atoms with van der Waals surface area (Å²) in [6, 6.07) is 43.0. The van der Waals surface area contributed by atoms with Gasteiger partial charge in [0.1, 0.15) is 48.9 Å². The molecule has 5 aromatic carbocycles. The van der Waals surface area contributed by atoms with Gasteiger partial charge in [0.2, 0.25) is 0 Å². The summed E-state index contributed by atoms with van der Waals surface area (Å²) < 4.78 is 37.9. The molecule has 7 rings (SSSR count). The van der Waals surface area contributed by atoms with Crippen LogP contribution in [0.2, 0.25) is 0 Å². The zero-order valence-electron chi connectivity index (χ0n) is 26.2. The number of nitrogens with zero attached hydrogens (tertiary/aromatic N) is 1. The number of ether oxygens (including phenoxy) is 4. The Kier molecular flexibility index (Phi) is 9.92. The predicted octanol–water partition coefficient (Wildman–Crippen LogP) is 9.09. The number of hydrogen-bond acceptors (Lipinski definition) is 6. The minimum atomic E-state index is -0.236. The van der Waals surface area contributed by atoms with Crippen molar-refractivity contribution in [3.63, 3.8) is 0 Å². The lowest BCUT2D eigenvalue weighted by Crippen LogP contribution is -2.49. The van der Waals surface area contributed by atoms with E-state index in [0.29, 0.717) is 19.8 Å². The number of hydrogen-bond donors (Lipinski definition) is 0. The second-order valence-electron chi connectivity index (χ2n) is 12.0. The summed E-state index contributed by atoms with van der Waals surface area (Å²) in [5, 5.41) is -0.0335. The highest BCUT2D eigenvalue weighted by atomic mass is 32.2. The van der Waals surface area contributed by atoms with Crippen LogP contribution >= 0.6 is 11.8 Å². The number of alkyl halides is 1. The van der Waals surface area contributed by atoms with Gasteiger partial charge in [-0.05, 0) is 64.7 Å². The molecule has 2 heterocycles. The lowest BCUT2D eigenvalue weighted by molar-refractivity contribution is 0.0668. The van der Waals surface area contributed by atoms with Crippen molar-refractivity contribution in [2.24, 2.45) is 5.92 Å². The third kappa shape index (κ3) is 7.92. The van der Waals surface area contributed by atoms with Gasteiger partial charge in [0, 0.05) is 25.6 Å². The molecular formula is C40H38FNO4S. The topological polar surface area (TPSA) is 40.2 Å². The molecule has 5 nitrogen and oxygen atoms in total. The molecule has 2 aliphatic rings. The van der Waals surface area contributed by atoms with Crippen LogP contribution < -0.4 is 18.9 Å². The van der Waals surface area contributed by atoms with Gasteiger partial charge in [0.05, 0.1) is 16.8 Å². The van der Waals surface area contributed by atoms with E-state index in [4.69, 9.17) is 18.9 Å². The van der Waals surface area contributed by atoms with Gasteiger partial charge in [-0.3, -0.25) is 9.29 Å². The van der Waals surface area contributed by atoms with Crippen LogP contribution in [0.4, 0.5) is 4.39 Å². The van der Waals surface area contributed by atoms with Crippen LogP contribution in [0.25, 0.3) is 0 Å². The molecule has 0 saturated carbocycles. The smallest absolute Gasteiger partial charge is 0.140 e. The highest BCUT2D eigenvalue weighted by Gasteiger charge is 2.34. The molecular weight excluding hydrogens is 610 g/mol. The quantitative estimate of drug-likeness (QED) is 0.127. The fourth-order valence-corrected chi connectivity index (χ4v) is 7.23. The van der Waals surface area contributed by atoms with Crippen LogP contribution in [0.3, 0.4) is 0 Å². The number of likely N-dealkylation sites (tertiary alicyclic amines) is 1. The minimum Gasteiger partial charge on any atom is -0.492 e. The number of benzene rings is 5. The Morgan fingerprint density at radius 2 is 1.32 bits per heavy atom. The van der Waals surface area contributed by atoms with E-state index < -0.39 is 0 Å². The number of rotatable bonds is 13. The maximum absolute atomic E-state index is 12.8. The number of halogens is 1. The van der Waals surface area contributed by atoms with E-state index in [2.05, 4.69) is 59.5 Å². The second-order valence-corrected chi connectivity index (χ2v) is 13.2. The van der Waals surface area contributed by atoms with Gasteiger partial charge in [-0.15, -0.1) is 11.8 Å². The molecule has 0 unspecified atom stereocenters. The van der Waals surface area contributed by atoms with E-state index in [9.17, 15) is 4.39 Å². The maximum Gasteiger partial charge on any atom is 0.140 e. The highest BCUT2D eigenvalue weighted by molar-refractivity contribution is 7.99. The van der Waals surface area contributed by atoms with Crippen LogP contribution in [0.1, 0.15) is 33.6 Å². The molecule has 2 atom stereocenters. The highest BCUT2D eigenvalue weighted by Crippen LogP contribution is 2.54. The first-order valence-electron chi connectivity index (χ1n) is 16.1. The second kappa shape index (κ2) is 15.0. The monoisotopic (exact) mass is 647 g/mol. The van der Waals surface area contributed by atoms with Crippen molar-refractivity contribution in [1.82, 2.24) is 4.90 Å². The van der Waals surface area contributed by atoms with Gasteiger partial charge in [-0.1, -0.05) is 84.9 Å². The summed E-state index contributed by atoms with van der Waals surface area (Å²) in [6.07, 6.45) is -0.235. The lowest BCUT2D eigenvalue weighted by Gasteiger charge is -2.37. The molecule has 0 aromatic heterocycles. The van der Waals surface area contributed by atoms with Gasteiger partial charge in [0.15, 0.2) is 0 Å². The average Bonchev–Trinajstić information content (AvgIpc) is 3.11. The molecule has 5 aromatic rings. The Morgan fingerprint density at radius 3 is 2.00 bits per heavy atom. The van der Waals surface area contributed by atoms with E-state index in [-0.39, 0.29) is 23.9 Å². The standard InChI is InChI=1S/C40H38FNO4S/c41-24-31-25-42(26-31)20-21-43-34-16-14-32(15-17-34)39-40(33-12-7-13-35(22-33)44-27-29-8-3-1-4-9-29)47-38-23-36(18-19-37(38)46-39)45-28-30-10-5-2-6-11-30/h1-19,22-23,31,39-40H,20-21,24-28H2/t39-,40+/m0/s1. The van der Waals surface area contributed by atoms with Crippen LogP contribution in [-0.4, -0.2) is 37.8 Å². The van der Waals surface area contributed by atoms with Crippen LogP contribution in [0.15, 0.2) is 132 Å². The van der Waals surface area contributed by atoms with Gasteiger partial charge in [0.25, 0.3) is 0 Å². The first-order chi connectivity index (χ1) is 23.2. The van der Waals surface area contributed by atoms with Gasteiger partial charge >= 0.3 is 0 Å². The first kappa shape index (κ1) is 31.2. The largest absolute Gasteiger partial charge is 0.492 e. The maximum atomic E-state index is 12.8. The zero-order valence-corrected chi connectivity index (χ0v) is 27.0. The van der Waals surface area contributed by atoms with Crippen molar-refractivity contribution in [2.75, 3.05) is 32.9 Å². The molecule has 1 saturated heterocycles. The molecule has 47 heavy (non-hydrogen) atoms. The van der Waals surface area contributed by atoms with Crippen molar-refractivity contribution in [3.05, 3.63) is 150 Å². The summed E-state index contributed by atoms with van der Waals surface area (Å²) in [4.78, 5) is 3.26. The third-order valence-electron chi connectivity index (χ3n) is 8.52. The Morgan fingerprint density at radius 1 is 0.660 bits per heavy atom. The molecule has 0 amide bonds. The molecule has 0 bridgehead atoms. The summed E-state index contributed by atoms with van der Waals surface area (Å²) in [7, 11) is 0. The average molecular weight is 648 g/mol. The summed E-state index contributed by atoms with van der Waals surface area (Å²) in [5.74, 6) is 3.46. The molecule has 240 valence electrons. The molecule has 1 fully saturated rings. The fourth-order valence-electron chi connectivity index (χ4n) is 5.92. The molecule has 0 aliphatic carbocycles. The Bertz CT molecular complexity index is 1730. The van der Waals surface area contributed by atoms with Crippen LogP contribution in [0, 0.1) is 5.92 Å². The molecule has 0 N–H and O–H groups in total. The summed E-state index contributed by atoms with van der Waals surface area (Å²) in [5.41, 5.74) is 4.43. The minimum absolute atomic E-state index is 0.0335. The van der Waals surface area contributed by atoms with Crippen molar-refractivity contribution in [2.45, 2.75) is 29.5 Å². The molecule has 2 aliphatic heterocycles. The Balaban J connectivity index is 1.09. The molecule has 0 spiro atoms. The van der Waals surface area contributed by atoms with E-state index in [0.717, 1.165) is 69.8 Å². The third-order valence-corrected chi connectivity index (χ3v) is 9.86. The zero-order chi connectivity index (χ0) is 31.8.